The molecule has 33 heavy (non-hydrogen) atoms. The number of hydrogen-bond donors (Lipinski definition) is 1. The summed E-state index contributed by atoms with van der Waals surface area (Å²) in [5.41, 5.74) is 1.98. The quantitative estimate of drug-likeness (QED) is 0.560. The fourth-order valence-electron chi connectivity index (χ4n) is 4.82. The van der Waals surface area contributed by atoms with E-state index < -0.39 is 17.8 Å². The van der Waals surface area contributed by atoms with Crippen LogP contribution in [-0.2, 0) is 0 Å². The first-order valence-electron chi connectivity index (χ1n) is 11.0. The van der Waals surface area contributed by atoms with Gasteiger partial charge in [0.1, 0.15) is 5.82 Å². The molecule has 1 fully saturated rings. The van der Waals surface area contributed by atoms with Crippen LogP contribution in [0.3, 0.4) is 0 Å². The molecule has 3 atom stereocenters. The lowest BCUT2D eigenvalue weighted by atomic mass is 9.68. The Bertz CT molecular complexity index is 1060. The average Bonchev–Trinajstić information content (AvgIpc) is 2.86. The summed E-state index contributed by atoms with van der Waals surface area (Å²) in [6.07, 6.45) is 6.22. The highest BCUT2D eigenvalue weighted by atomic mass is 19.1. The van der Waals surface area contributed by atoms with Crippen molar-refractivity contribution in [3.8, 4) is 0 Å². The van der Waals surface area contributed by atoms with Crippen LogP contribution >= 0.6 is 0 Å². The van der Waals surface area contributed by atoms with Crippen molar-refractivity contribution in [1.82, 2.24) is 14.9 Å². The minimum Gasteiger partial charge on any atom is -0.395 e. The molecule has 1 saturated heterocycles. The van der Waals surface area contributed by atoms with Crippen LogP contribution in [0.25, 0.3) is 0 Å². The van der Waals surface area contributed by atoms with Crippen molar-refractivity contribution < 1.29 is 19.1 Å². The molecule has 3 heterocycles. The van der Waals surface area contributed by atoms with Gasteiger partial charge in [-0.25, -0.2) is 4.39 Å². The molecule has 170 valence electrons. The predicted molar refractivity (Wildman–Crippen MR) is 122 cm³/mol. The SMILES string of the molecule is Cc1c(F)cccc1C1C(C(=O)c2cccnc2)CN(CCO)C[C@@H]1C(=O)c1cccnc1. The Morgan fingerprint density at radius 3 is 2.03 bits per heavy atom. The number of likely N-dealkylation sites (tertiary alicyclic amines) is 1. The van der Waals surface area contributed by atoms with Gasteiger partial charge in [0.15, 0.2) is 11.6 Å². The van der Waals surface area contributed by atoms with Gasteiger partial charge in [0.25, 0.3) is 0 Å². The van der Waals surface area contributed by atoms with Crippen LogP contribution in [0, 0.1) is 24.6 Å². The van der Waals surface area contributed by atoms with Gasteiger partial charge >= 0.3 is 0 Å². The van der Waals surface area contributed by atoms with E-state index in [1.807, 2.05) is 4.90 Å². The van der Waals surface area contributed by atoms with Crippen LogP contribution in [0.15, 0.2) is 67.3 Å². The number of ketones is 2. The zero-order valence-electron chi connectivity index (χ0n) is 18.4. The number of aliphatic hydroxyl groups is 1. The van der Waals surface area contributed by atoms with Crippen molar-refractivity contribution in [3.63, 3.8) is 0 Å². The van der Waals surface area contributed by atoms with Gasteiger partial charge in [-0.2, -0.15) is 0 Å². The number of aromatic nitrogens is 2. The molecule has 1 N–H and O–H groups in total. The van der Waals surface area contributed by atoms with Crippen LogP contribution in [0.4, 0.5) is 4.39 Å². The maximum Gasteiger partial charge on any atom is 0.169 e. The number of pyridine rings is 2. The number of hydrogen-bond acceptors (Lipinski definition) is 6. The van der Waals surface area contributed by atoms with Gasteiger partial charge in [0.05, 0.1) is 6.61 Å². The van der Waals surface area contributed by atoms with Crippen molar-refractivity contribution in [2.75, 3.05) is 26.2 Å². The molecule has 2 aromatic heterocycles. The molecule has 1 aromatic carbocycles. The summed E-state index contributed by atoms with van der Waals surface area (Å²) in [4.78, 5) is 37.5. The van der Waals surface area contributed by atoms with E-state index >= 15 is 0 Å². The molecule has 0 radical (unpaired) electrons. The summed E-state index contributed by atoms with van der Waals surface area (Å²) in [6.45, 7) is 2.63. The Kier molecular flexibility index (Phi) is 7.01. The highest BCUT2D eigenvalue weighted by Gasteiger charge is 2.45. The molecule has 4 rings (SSSR count). The molecule has 7 heteroatoms. The number of carbonyl (C=O) groups excluding carboxylic acids is 2. The standard InChI is InChI=1S/C26H26FN3O3/c1-17-20(7-2-8-23(17)27)24-21(25(32)18-5-3-9-28-13-18)15-30(11-12-31)16-22(24)26(33)19-6-4-10-29-14-19/h2-10,13-14,21-22,24,31H,11-12,15-16H2,1H3/t21-,22?,24?/m0/s1. The number of aliphatic hydroxyl groups excluding tert-OH is 1. The molecule has 0 bridgehead atoms. The van der Waals surface area contributed by atoms with E-state index in [1.165, 1.54) is 18.5 Å². The molecular formula is C26H26FN3O3. The summed E-state index contributed by atoms with van der Waals surface area (Å²) in [5, 5.41) is 9.58. The van der Waals surface area contributed by atoms with Crippen LogP contribution in [0.2, 0.25) is 0 Å². The Balaban J connectivity index is 1.85. The molecule has 3 aromatic rings. The first-order chi connectivity index (χ1) is 16.0. The Morgan fingerprint density at radius 1 is 0.970 bits per heavy atom. The largest absolute Gasteiger partial charge is 0.395 e. The van der Waals surface area contributed by atoms with Crippen molar-refractivity contribution in [2.45, 2.75) is 12.8 Å². The van der Waals surface area contributed by atoms with E-state index in [0.29, 0.717) is 41.9 Å². The van der Waals surface area contributed by atoms with Crippen molar-refractivity contribution >= 4 is 11.6 Å². The first kappa shape index (κ1) is 22.9. The molecule has 2 unspecified atom stereocenters. The van der Waals surface area contributed by atoms with Gasteiger partial charge in [-0.1, -0.05) is 12.1 Å². The molecule has 1 aliphatic rings. The monoisotopic (exact) mass is 447 g/mol. The molecule has 6 nitrogen and oxygen atoms in total. The third kappa shape index (κ3) is 4.74. The summed E-state index contributed by atoms with van der Waals surface area (Å²) in [7, 11) is 0. The third-order valence-electron chi connectivity index (χ3n) is 6.43. The number of piperidine rings is 1. The summed E-state index contributed by atoms with van der Waals surface area (Å²) < 4.78 is 14.6. The molecule has 0 saturated carbocycles. The lowest BCUT2D eigenvalue weighted by molar-refractivity contribution is 0.0528. The molecule has 1 aliphatic heterocycles. The van der Waals surface area contributed by atoms with E-state index in [0.717, 1.165) is 0 Å². The van der Waals surface area contributed by atoms with Crippen LogP contribution in [0.1, 0.15) is 37.8 Å². The van der Waals surface area contributed by atoms with Crippen molar-refractivity contribution in [1.29, 1.82) is 0 Å². The number of halogens is 1. The maximum absolute atomic E-state index is 14.6. The summed E-state index contributed by atoms with van der Waals surface area (Å²) in [5.74, 6) is -2.42. The van der Waals surface area contributed by atoms with Crippen molar-refractivity contribution in [3.05, 3.63) is 95.3 Å². The second-order valence-corrected chi connectivity index (χ2v) is 8.39. The maximum atomic E-state index is 14.6. The van der Waals surface area contributed by atoms with E-state index in [1.54, 1.807) is 55.7 Å². The second-order valence-electron chi connectivity index (χ2n) is 8.39. The van der Waals surface area contributed by atoms with Crippen LogP contribution in [0.5, 0.6) is 0 Å². The van der Waals surface area contributed by atoms with Gasteiger partial charge < -0.3 is 5.11 Å². The zero-order valence-corrected chi connectivity index (χ0v) is 18.4. The number of carbonyl (C=O) groups is 2. The fourth-order valence-corrected chi connectivity index (χ4v) is 4.82. The van der Waals surface area contributed by atoms with E-state index in [-0.39, 0.29) is 24.0 Å². The number of nitrogens with zero attached hydrogens (tertiary/aromatic N) is 3. The van der Waals surface area contributed by atoms with Crippen LogP contribution in [-0.4, -0.2) is 57.8 Å². The Morgan fingerprint density at radius 2 is 1.55 bits per heavy atom. The fraction of sp³-hybridized carbons (Fsp3) is 0.308. The van der Waals surface area contributed by atoms with Gasteiger partial charge in [0.2, 0.25) is 0 Å². The van der Waals surface area contributed by atoms with Gasteiger partial charge in [-0.3, -0.25) is 24.5 Å². The van der Waals surface area contributed by atoms with Crippen molar-refractivity contribution in [2.24, 2.45) is 11.8 Å². The molecule has 0 spiro atoms. The van der Waals surface area contributed by atoms with Gasteiger partial charge in [-0.15, -0.1) is 0 Å². The Hall–Kier alpha value is -3.29. The van der Waals surface area contributed by atoms with E-state index in [2.05, 4.69) is 9.97 Å². The lowest BCUT2D eigenvalue weighted by Gasteiger charge is -2.43. The normalized spacial score (nSPS) is 21.0. The smallest absolute Gasteiger partial charge is 0.169 e. The average molecular weight is 448 g/mol. The minimum atomic E-state index is -0.611. The van der Waals surface area contributed by atoms with E-state index in [9.17, 15) is 19.1 Å². The lowest BCUT2D eigenvalue weighted by Crippen LogP contribution is -2.51. The first-order valence-corrected chi connectivity index (χ1v) is 11.0. The zero-order chi connectivity index (χ0) is 23.4. The number of benzene rings is 1. The third-order valence-corrected chi connectivity index (χ3v) is 6.43. The topological polar surface area (TPSA) is 83.4 Å². The predicted octanol–water partition coefficient (Wildman–Crippen LogP) is 3.31. The molecule has 0 aliphatic carbocycles. The Labute approximate surface area is 192 Å². The highest BCUT2D eigenvalue weighted by Crippen LogP contribution is 2.42. The minimum absolute atomic E-state index is 0.0920. The number of rotatable bonds is 7. The number of Topliss-reactive ketones (excluding diaryl/α,β-unsaturated/α-hetero) is 2. The summed E-state index contributed by atoms with van der Waals surface area (Å²) >= 11 is 0. The van der Waals surface area contributed by atoms with Gasteiger partial charge in [-0.05, 0) is 48.4 Å². The highest BCUT2D eigenvalue weighted by molar-refractivity contribution is 6.02. The second kappa shape index (κ2) is 10.1. The molecular weight excluding hydrogens is 421 g/mol. The van der Waals surface area contributed by atoms with Crippen LogP contribution < -0.4 is 0 Å². The summed E-state index contributed by atoms with van der Waals surface area (Å²) in [6, 6.07) is 11.6. The van der Waals surface area contributed by atoms with Gasteiger partial charge in [0, 0.05) is 73.3 Å². The van der Waals surface area contributed by atoms with E-state index in [4.69, 9.17) is 0 Å². The molecule has 0 amide bonds. The number of β-amino-alcohol motifs (C(OH)–C–C–N with tert-alkyl or cyclic N) is 1.